The number of methoxy groups -OCH3 is 2. The SMILES string of the molecule is COc1ccc(Nc2nncc(Nc3ccc(Cl)cc3)n2)c(OC)c1. The standard InChI is InChI=1S/C17H16ClN5O2/c1-24-13-7-8-14(15(9-13)25-2)21-17-22-16(10-19-23-17)20-12-5-3-11(18)4-6-12/h3-10H,1-2H3,(H2,20,21,22,23). The van der Waals surface area contributed by atoms with E-state index in [-0.39, 0.29) is 0 Å². The van der Waals surface area contributed by atoms with E-state index < -0.39 is 0 Å². The third kappa shape index (κ3) is 4.27. The minimum atomic E-state index is 0.336. The van der Waals surface area contributed by atoms with Crippen molar-refractivity contribution in [3.05, 3.63) is 53.7 Å². The van der Waals surface area contributed by atoms with Gasteiger partial charge in [0, 0.05) is 16.8 Å². The van der Waals surface area contributed by atoms with Crippen LogP contribution in [-0.2, 0) is 0 Å². The van der Waals surface area contributed by atoms with Crippen LogP contribution in [0.15, 0.2) is 48.7 Å². The molecule has 0 amide bonds. The summed E-state index contributed by atoms with van der Waals surface area (Å²) < 4.78 is 10.5. The van der Waals surface area contributed by atoms with Crippen LogP contribution < -0.4 is 20.1 Å². The van der Waals surface area contributed by atoms with E-state index in [0.717, 1.165) is 5.69 Å². The lowest BCUT2D eigenvalue weighted by molar-refractivity contribution is 0.395. The minimum Gasteiger partial charge on any atom is -0.497 e. The van der Waals surface area contributed by atoms with Gasteiger partial charge in [-0.3, -0.25) is 0 Å². The number of nitrogens with one attached hydrogen (secondary N) is 2. The van der Waals surface area contributed by atoms with Crippen LogP contribution in [-0.4, -0.2) is 29.4 Å². The highest BCUT2D eigenvalue weighted by molar-refractivity contribution is 6.30. The van der Waals surface area contributed by atoms with E-state index in [4.69, 9.17) is 21.1 Å². The Balaban J connectivity index is 1.79. The summed E-state index contributed by atoms with van der Waals surface area (Å²) in [6.45, 7) is 0. The van der Waals surface area contributed by atoms with Crippen molar-refractivity contribution in [1.29, 1.82) is 0 Å². The number of benzene rings is 2. The molecule has 128 valence electrons. The summed E-state index contributed by atoms with van der Waals surface area (Å²) in [5.74, 6) is 2.19. The second-order valence-corrected chi connectivity index (χ2v) is 5.42. The maximum atomic E-state index is 5.88. The second-order valence-electron chi connectivity index (χ2n) is 4.99. The first-order valence-electron chi connectivity index (χ1n) is 7.39. The average Bonchev–Trinajstić information content (AvgIpc) is 2.64. The molecule has 0 aliphatic heterocycles. The molecule has 3 rings (SSSR count). The number of nitrogens with zero attached hydrogens (tertiary/aromatic N) is 3. The van der Waals surface area contributed by atoms with Gasteiger partial charge >= 0.3 is 0 Å². The molecule has 7 nitrogen and oxygen atoms in total. The molecule has 0 fully saturated rings. The van der Waals surface area contributed by atoms with E-state index in [0.29, 0.717) is 34.0 Å². The molecule has 0 radical (unpaired) electrons. The topological polar surface area (TPSA) is 81.2 Å². The van der Waals surface area contributed by atoms with Crippen molar-refractivity contribution in [2.45, 2.75) is 0 Å². The van der Waals surface area contributed by atoms with Gasteiger partial charge in [0.1, 0.15) is 11.5 Å². The van der Waals surface area contributed by atoms with Crippen molar-refractivity contribution in [1.82, 2.24) is 15.2 Å². The fourth-order valence-electron chi connectivity index (χ4n) is 2.12. The van der Waals surface area contributed by atoms with Gasteiger partial charge in [-0.1, -0.05) is 11.6 Å². The average molecular weight is 358 g/mol. The Morgan fingerprint density at radius 2 is 1.76 bits per heavy atom. The van der Waals surface area contributed by atoms with Crippen LogP contribution in [0.5, 0.6) is 11.5 Å². The first-order chi connectivity index (χ1) is 12.2. The van der Waals surface area contributed by atoms with Crippen molar-refractivity contribution in [3.8, 4) is 11.5 Å². The Morgan fingerprint density at radius 1 is 0.960 bits per heavy atom. The molecule has 0 aliphatic rings. The summed E-state index contributed by atoms with van der Waals surface area (Å²) in [5, 5.41) is 14.8. The fourth-order valence-corrected chi connectivity index (χ4v) is 2.25. The van der Waals surface area contributed by atoms with Crippen molar-refractivity contribution in [3.63, 3.8) is 0 Å². The number of aromatic nitrogens is 3. The number of rotatable bonds is 6. The van der Waals surface area contributed by atoms with Gasteiger partial charge in [0.2, 0.25) is 5.95 Å². The van der Waals surface area contributed by atoms with Crippen LogP contribution in [0.4, 0.5) is 23.1 Å². The highest BCUT2D eigenvalue weighted by Crippen LogP contribution is 2.30. The maximum absolute atomic E-state index is 5.88. The summed E-state index contributed by atoms with van der Waals surface area (Å²) >= 11 is 5.88. The van der Waals surface area contributed by atoms with Gasteiger partial charge in [-0.15, -0.1) is 5.10 Å². The number of ether oxygens (including phenoxy) is 2. The van der Waals surface area contributed by atoms with Crippen LogP contribution in [0.3, 0.4) is 0 Å². The largest absolute Gasteiger partial charge is 0.497 e. The third-order valence-electron chi connectivity index (χ3n) is 3.33. The summed E-state index contributed by atoms with van der Waals surface area (Å²) in [7, 11) is 3.18. The molecule has 0 aliphatic carbocycles. The highest BCUT2D eigenvalue weighted by Gasteiger charge is 2.08. The molecule has 1 heterocycles. The lowest BCUT2D eigenvalue weighted by atomic mass is 10.2. The van der Waals surface area contributed by atoms with E-state index in [9.17, 15) is 0 Å². The zero-order valence-corrected chi connectivity index (χ0v) is 14.4. The summed E-state index contributed by atoms with van der Waals surface area (Å²) in [6, 6.07) is 12.7. The van der Waals surface area contributed by atoms with Gasteiger partial charge in [-0.2, -0.15) is 10.1 Å². The first kappa shape index (κ1) is 16.8. The molecule has 2 N–H and O–H groups in total. The predicted octanol–water partition coefficient (Wildman–Crippen LogP) is 4.03. The summed E-state index contributed by atoms with van der Waals surface area (Å²) in [4.78, 5) is 4.39. The lowest BCUT2D eigenvalue weighted by Crippen LogP contribution is -2.03. The molecule has 1 aromatic heterocycles. The fraction of sp³-hybridized carbons (Fsp3) is 0.118. The van der Waals surface area contributed by atoms with E-state index in [1.54, 1.807) is 32.4 Å². The number of anilines is 4. The second kappa shape index (κ2) is 7.67. The molecule has 25 heavy (non-hydrogen) atoms. The Hall–Kier alpha value is -3.06. The minimum absolute atomic E-state index is 0.336. The monoisotopic (exact) mass is 357 g/mol. The molecule has 0 unspecified atom stereocenters. The molecule has 8 heteroatoms. The van der Waals surface area contributed by atoms with Crippen LogP contribution in [0.25, 0.3) is 0 Å². The Morgan fingerprint density at radius 3 is 2.48 bits per heavy atom. The van der Waals surface area contributed by atoms with Crippen molar-refractivity contribution in [2.75, 3.05) is 24.9 Å². The first-order valence-corrected chi connectivity index (χ1v) is 7.77. The molecule has 0 saturated carbocycles. The molecule has 3 aromatic rings. The van der Waals surface area contributed by atoms with E-state index >= 15 is 0 Å². The van der Waals surface area contributed by atoms with Crippen molar-refractivity contribution in [2.24, 2.45) is 0 Å². The van der Waals surface area contributed by atoms with Gasteiger partial charge in [0.25, 0.3) is 0 Å². The quantitative estimate of drug-likeness (QED) is 0.689. The van der Waals surface area contributed by atoms with Gasteiger partial charge in [-0.25, -0.2) is 0 Å². The third-order valence-corrected chi connectivity index (χ3v) is 3.58. The highest BCUT2D eigenvalue weighted by atomic mass is 35.5. The van der Waals surface area contributed by atoms with E-state index in [1.807, 2.05) is 24.3 Å². The van der Waals surface area contributed by atoms with Gasteiger partial charge in [0.05, 0.1) is 26.1 Å². The Bertz CT molecular complexity index is 858. The normalized spacial score (nSPS) is 10.2. The molecular weight excluding hydrogens is 342 g/mol. The number of hydrogen-bond donors (Lipinski definition) is 2. The summed E-state index contributed by atoms with van der Waals surface area (Å²) in [6.07, 6.45) is 1.53. The molecule has 0 spiro atoms. The van der Waals surface area contributed by atoms with Crippen molar-refractivity contribution >= 4 is 34.7 Å². The molecule has 0 atom stereocenters. The van der Waals surface area contributed by atoms with Gasteiger partial charge in [-0.05, 0) is 36.4 Å². The molecule has 2 aromatic carbocycles. The number of halogens is 1. The van der Waals surface area contributed by atoms with Gasteiger partial charge < -0.3 is 20.1 Å². The van der Waals surface area contributed by atoms with Gasteiger partial charge in [0.15, 0.2) is 5.82 Å². The maximum Gasteiger partial charge on any atom is 0.249 e. The smallest absolute Gasteiger partial charge is 0.249 e. The van der Waals surface area contributed by atoms with E-state index in [1.165, 1.54) is 6.20 Å². The Kier molecular flexibility index (Phi) is 5.15. The zero-order chi connectivity index (χ0) is 17.6. The molecular formula is C17H16ClN5O2. The Labute approximate surface area is 150 Å². The van der Waals surface area contributed by atoms with E-state index in [2.05, 4.69) is 25.8 Å². The van der Waals surface area contributed by atoms with Crippen LogP contribution in [0.1, 0.15) is 0 Å². The van der Waals surface area contributed by atoms with Crippen LogP contribution in [0, 0.1) is 0 Å². The molecule has 0 saturated heterocycles. The molecule has 0 bridgehead atoms. The van der Waals surface area contributed by atoms with Crippen LogP contribution in [0.2, 0.25) is 5.02 Å². The summed E-state index contributed by atoms with van der Waals surface area (Å²) in [5.41, 5.74) is 1.55. The predicted molar refractivity (Wildman–Crippen MR) is 97.4 cm³/mol. The van der Waals surface area contributed by atoms with Crippen LogP contribution >= 0.6 is 11.6 Å². The zero-order valence-electron chi connectivity index (χ0n) is 13.7. The lowest BCUT2D eigenvalue weighted by Gasteiger charge is -2.12. The van der Waals surface area contributed by atoms with Crippen molar-refractivity contribution < 1.29 is 9.47 Å². The number of hydrogen-bond acceptors (Lipinski definition) is 7.